The predicted octanol–water partition coefficient (Wildman–Crippen LogP) is 0.637. The summed E-state index contributed by atoms with van der Waals surface area (Å²) < 4.78 is 0. The molecule has 0 aliphatic carbocycles. The molecule has 10 heavy (non-hydrogen) atoms. The number of hydrogen-bond donors (Lipinski definition) is 1. The second-order valence-electron chi connectivity index (χ2n) is 1.82. The van der Waals surface area contributed by atoms with Crippen LogP contribution in [0.25, 0.3) is 0 Å². The van der Waals surface area contributed by atoms with Gasteiger partial charge >= 0.3 is 0 Å². The average Bonchev–Trinajstić information content (AvgIpc) is 1.98. The molecule has 0 fully saturated rings. The summed E-state index contributed by atoms with van der Waals surface area (Å²) in [6.45, 7) is 1.91. The Hall–Kier alpha value is -1.01. The summed E-state index contributed by atoms with van der Waals surface area (Å²) in [5, 5.41) is 9.49. The van der Waals surface area contributed by atoms with Gasteiger partial charge in [-0.25, -0.2) is 5.06 Å². The van der Waals surface area contributed by atoms with E-state index in [4.69, 9.17) is 11.6 Å². The van der Waals surface area contributed by atoms with Crippen molar-refractivity contribution in [2.24, 2.45) is 0 Å². The molecule has 0 spiro atoms. The molecule has 1 N–H and O–H groups in total. The molecule has 3 heteroatoms. The minimum absolute atomic E-state index is 0.225. The minimum atomic E-state index is -0.296. The van der Waals surface area contributed by atoms with Crippen molar-refractivity contribution in [3.63, 3.8) is 0 Å². The first kappa shape index (κ1) is 8.99. The van der Waals surface area contributed by atoms with Gasteiger partial charge in [0.05, 0.1) is 6.54 Å². The molecule has 0 aromatic rings. The van der Waals surface area contributed by atoms with Crippen molar-refractivity contribution >= 4 is 5.91 Å². The van der Waals surface area contributed by atoms with Gasteiger partial charge in [0.25, 0.3) is 0 Å². The highest BCUT2D eigenvalue weighted by Gasteiger charge is 2.05. The lowest BCUT2D eigenvalue weighted by molar-refractivity contribution is -0.164. The van der Waals surface area contributed by atoms with Crippen LogP contribution in [0.15, 0.2) is 0 Å². The Morgan fingerprint density at radius 3 is 2.80 bits per heavy atom. The van der Waals surface area contributed by atoms with Gasteiger partial charge in [-0.2, -0.15) is 0 Å². The zero-order chi connectivity index (χ0) is 7.98. The van der Waals surface area contributed by atoms with E-state index in [1.54, 1.807) is 6.92 Å². The number of hydrogen-bond acceptors (Lipinski definition) is 2. The van der Waals surface area contributed by atoms with Gasteiger partial charge in [-0.15, -0.1) is 12.3 Å². The lowest BCUT2D eigenvalue weighted by atomic mass is 10.4. The highest BCUT2D eigenvalue weighted by Crippen LogP contribution is 1.89. The number of terminal acetylenes is 1. The summed E-state index contributed by atoms with van der Waals surface area (Å²) in [5.41, 5.74) is 0. The number of rotatable bonds is 3. The summed E-state index contributed by atoms with van der Waals surface area (Å²) in [6, 6.07) is 0. The summed E-state index contributed by atoms with van der Waals surface area (Å²) in [6.07, 6.45) is 5.62. The summed E-state index contributed by atoms with van der Waals surface area (Å²) >= 11 is 0. The maximum atomic E-state index is 10.6. The molecule has 0 aromatic heterocycles. The van der Waals surface area contributed by atoms with Crippen LogP contribution in [0.5, 0.6) is 0 Å². The molecular weight excluding hydrogens is 130 g/mol. The molecule has 0 saturated heterocycles. The topological polar surface area (TPSA) is 40.5 Å². The molecule has 56 valence electrons. The van der Waals surface area contributed by atoms with Gasteiger partial charge in [0.1, 0.15) is 0 Å². The van der Waals surface area contributed by atoms with E-state index in [0.29, 0.717) is 17.9 Å². The van der Waals surface area contributed by atoms with Crippen LogP contribution >= 0.6 is 0 Å². The molecule has 0 bridgehead atoms. The quantitative estimate of drug-likeness (QED) is 0.356. The van der Waals surface area contributed by atoms with Gasteiger partial charge in [0.15, 0.2) is 0 Å². The van der Waals surface area contributed by atoms with Crippen LogP contribution in [0, 0.1) is 12.3 Å². The fourth-order valence-corrected chi connectivity index (χ4v) is 0.478. The van der Waals surface area contributed by atoms with Crippen molar-refractivity contribution in [1.82, 2.24) is 5.06 Å². The molecule has 1 amide bonds. The van der Waals surface area contributed by atoms with Gasteiger partial charge in [0.2, 0.25) is 5.91 Å². The number of hydroxylamine groups is 2. The monoisotopic (exact) mass is 141 g/mol. The average molecular weight is 141 g/mol. The molecule has 0 unspecified atom stereocenters. The lowest BCUT2D eigenvalue weighted by Crippen LogP contribution is -2.27. The molecule has 0 saturated carbocycles. The molecule has 0 radical (unpaired) electrons. The maximum Gasteiger partial charge on any atom is 0.245 e. The van der Waals surface area contributed by atoms with Gasteiger partial charge in [0, 0.05) is 12.8 Å². The van der Waals surface area contributed by atoms with Gasteiger partial charge < -0.3 is 0 Å². The number of amides is 1. The number of carbonyl (C=O) groups excluding carboxylic acids is 1. The van der Waals surface area contributed by atoms with Crippen molar-refractivity contribution in [3.05, 3.63) is 0 Å². The lowest BCUT2D eigenvalue weighted by Gasteiger charge is -2.10. The third kappa shape index (κ3) is 3.10. The standard InChI is InChI=1S/C7H11NO2/c1-3-5-6-8(10)7(9)4-2/h1,10H,4-6H2,2H3. The summed E-state index contributed by atoms with van der Waals surface area (Å²) in [5.74, 6) is 2.03. The van der Waals surface area contributed by atoms with E-state index in [2.05, 4.69) is 5.92 Å². The van der Waals surface area contributed by atoms with Gasteiger partial charge in [-0.05, 0) is 0 Å². The smallest absolute Gasteiger partial charge is 0.245 e. The molecule has 0 atom stereocenters. The van der Waals surface area contributed by atoms with E-state index >= 15 is 0 Å². The second kappa shape index (κ2) is 4.83. The Morgan fingerprint density at radius 1 is 1.80 bits per heavy atom. The van der Waals surface area contributed by atoms with Crippen molar-refractivity contribution in [1.29, 1.82) is 0 Å². The summed E-state index contributed by atoms with van der Waals surface area (Å²) in [7, 11) is 0. The Labute approximate surface area is 60.6 Å². The predicted molar refractivity (Wildman–Crippen MR) is 37.2 cm³/mol. The largest absolute Gasteiger partial charge is 0.286 e. The zero-order valence-corrected chi connectivity index (χ0v) is 6.00. The third-order valence-corrected chi connectivity index (χ3v) is 1.06. The molecule has 0 aliphatic rings. The first-order valence-corrected chi connectivity index (χ1v) is 3.15. The first-order valence-electron chi connectivity index (χ1n) is 3.15. The number of carbonyl (C=O) groups is 1. The van der Waals surface area contributed by atoms with Crippen LogP contribution in [0.4, 0.5) is 0 Å². The highest BCUT2D eigenvalue weighted by atomic mass is 16.5. The van der Waals surface area contributed by atoms with Crippen molar-refractivity contribution in [3.8, 4) is 12.3 Å². The van der Waals surface area contributed by atoms with E-state index in [1.807, 2.05) is 0 Å². The van der Waals surface area contributed by atoms with E-state index < -0.39 is 0 Å². The van der Waals surface area contributed by atoms with Crippen molar-refractivity contribution in [2.45, 2.75) is 19.8 Å². The normalized spacial score (nSPS) is 8.50. The zero-order valence-electron chi connectivity index (χ0n) is 6.00. The van der Waals surface area contributed by atoms with Crippen molar-refractivity contribution < 1.29 is 10.0 Å². The van der Waals surface area contributed by atoms with E-state index in [0.717, 1.165) is 0 Å². The SMILES string of the molecule is C#CCCN(O)C(=O)CC. The van der Waals surface area contributed by atoms with Crippen LogP contribution < -0.4 is 0 Å². The van der Waals surface area contributed by atoms with Gasteiger partial charge in [-0.1, -0.05) is 6.92 Å². The molecule has 0 rings (SSSR count). The second-order valence-corrected chi connectivity index (χ2v) is 1.82. The number of nitrogens with zero attached hydrogens (tertiary/aromatic N) is 1. The molecule has 3 nitrogen and oxygen atoms in total. The Balaban J connectivity index is 3.53. The van der Waals surface area contributed by atoms with Crippen LogP contribution in [0.1, 0.15) is 19.8 Å². The maximum absolute atomic E-state index is 10.6. The Kier molecular flexibility index (Phi) is 4.34. The van der Waals surface area contributed by atoms with Crippen LogP contribution in [-0.4, -0.2) is 22.7 Å². The molecule has 0 aliphatic heterocycles. The Bertz CT molecular complexity index is 148. The molecule has 0 heterocycles. The fraction of sp³-hybridized carbons (Fsp3) is 0.571. The van der Waals surface area contributed by atoms with Gasteiger partial charge in [-0.3, -0.25) is 10.0 Å². The van der Waals surface area contributed by atoms with Crippen LogP contribution in [0.3, 0.4) is 0 Å². The van der Waals surface area contributed by atoms with Crippen LogP contribution in [-0.2, 0) is 4.79 Å². The molecular formula is C7H11NO2. The summed E-state index contributed by atoms with van der Waals surface area (Å²) in [4.78, 5) is 10.6. The Morgan fingerprint density at radius 2 is 2.40 bits per heavy atom. The van der Waals surface area contributed by atoms with E-state index in [9.17, 15) is 4.79 Å². The minimum Gasteiger partial charge on any atom is -0.286 e. The van der Waals surface area contributed by atoms with Crippen molar-refractivity contribution in [2.75, 3.05) is 6.54 Å². The molecule has 0 aromatic carbocycles. The van der Waals surface area contributed by atoms with Crippen LogP contribution in [0.2, 0.25) is 0 Å². The third-order valence-electron chi connectivity index (χ3n) is 1.06. The fourth-order valence-electron chi connectivity index (χ4n) is 0.478. The van der Waals surface area contributed by atoms with E-state index in [-0.39, 0.29) is 12.5 Å². The highest BCUT2D eigenvalue weighted by molar-refractivity contribution is 5.74. The van der Waals surface area contributed by atoms with E-state index in [1.165, 1.54) is 0 Å². The first-order chi connectivity index (χ1) is 4.72.